The molecule has 3 rings (SSSR count). The molecule has 5 nitrogen and oxygen atoms in total. The summed E-state index contributed by atoms with van der Waals surface area (Å²) >= 11 is 1.34. The summed E-state index contributed by atoms with van der Waals surface area (Å²) in [6.07, 6.45) is -0.880. The fourth-order valence-electron chi connectivity index (χ4n) is 2.51. The van der Waals surface area contributed by atoms with Crippen LogP contribution >= 0.6 is 11.3 Å². The SMILES string of the molecule is CCOc1ccc(N[C@@H](NC(=O)c2ccccc2)C(=O)c2cccs2)cc1. The second-order valence-electron chi connectivity index (χ2n) is 5.72. The van der Waals surface area contributed by atoms with Crippen molar-refractivity contribution in [3.8, 4) is 5.75 Å². The van der Waals surface area contributed by atoms with Crippen LogP contribution in [0.25, 0.3) is 0 Å². The lowest BCUT2D eigenvalue weighted by Crippen LogP contribution is -2.46. The van der Waals surface area contributed by atoms with E-state index in [4.69, 9.17) is 4.74 Å². The van der Waals surface area contributed by atoms with Gasteiger partial charge in [-0.3, -0.25) is 9.59 Å². The molecule has 1 atom stereocenters. The number of amides is 1. The maximum atomic E-state index is 12.9. The summed E-state index contributed by atoms with van der Waals surface area (Å²) in [5.41, 5.74) is 1.21. The van der Waals surface area contributed by atoms with Crippen molar-refractivity contribution < 1.29 is 14.3 Å². The van der Waals surface area contributed by atoms with Crippen LogP contribution in [0.2, 0.25) is 0 Å². The Morgan fingerprint density at radius 1 is 1.00 bits per heavy atom. The summed E-state index contributed by atoms with van der Waals surface area (Å²) < 4.78 is 5.43. The number of carbonyl (C=O) groups is 2. The fraction of sp³-hybridized carbons (Fsp3) is 0.143. The van der Waals surface area contributed by atoms with Crippen LogP contribution in [-0.2, 0) is 0 Å². The van der Waals surface area contributed by atoms with Gasteiger partial charge < -0.3 is 15.4 Å². The highest BCUT2D eigenvalue weighted by atomic mass is 32.1. The normalized spacial score (nSPS) is 11.4. The van der Waals surface area contributed by atoms with Crippen LogP contribution < -0.4 is 15.4 Å². The van der Waals surface area contributed by atoms with Gasteiger partial charge in [0, 0.05) is 11.3 Å². The highest BCUT2D eigenvalue weighted by Crippen LogP contribution is 2.18. The summed E-state index contributed by atoms with van der Waals surface area (Å²) in [4.78, 5) is 26.0. The van der Waals surface area contributed by atoms with Gasteiger partial charge in [-0.05, 0) is 54.8 Å². The van der Waals surface area contributed by atoms with Gasteiger partial charge >= 0.3 is 0 Å². The molecule has 0 unspecified atom stereocenters. The average molecular weight is 380 g/mol. The van der Waals surface area contributed by atoms with E-state index in [0.29, 0.717) is 22.7 Å². The van der Waals surface area contributed by atoms with E-state index in [2.05, 4.69) is 10.6 Å². The number of ketones is 1. The minimum atomic E-state index is -0.880. The largest absolute Gasteiger partial charge is 0.494 e. The van der Waals surface area contributed by atoms with E-state index >= 15 is 0 Å². The van der Waals surface area contributed by atoms with Crippen molar-refractivity contribution in [3.05, 3.63) is 82.6 Å². The first-order chi connectivity index (χ1) is 13.2. The Labute approximate surface area is 162 Å². The Bertz CT molecular complexity index is 878. The molecule has 1 aromatic heterocycles. The molecule has 0 radical (unpaired) electrons. The number of ether oxygens (including phenoxy) is 1. The van der Waals surface area contributed by atoms with Crippen LogP contribution in [-0.4, -0.2) is 24.5 Å². The Morgan fingerprint density at radius 3 is 2.37 bits per heavy atom. The highest BCUT2D eigenvalue weighted by Gasteiger charge is 2.23. The third kappa shape index (κ3) is 4.95. The third-order valence-electron chi connectivity index (χ3n) is 3.81. The van der Waals surface area contributed by atoms with Gasteiger partial charge in [0.15, 0.2) is 6.17 Å². The average Bonchev–Trinajstić information content (AvgIpc) is 3.24. The monoisotopic (exact) mass is 380 g/mol. The second-order valence-corrected chi connectivity index (χ2v) is 6.66. The minimum absolute atomic E-state index is 0.192. The van der Waals surface area contributed by atoms with E-state index in [1.165, 1.54) is 11.3 Å². The van der Waals surface area contributed by atoms with E-state index in [0.717, 1.165) is 5.75 Å². The maximum absolute atomic E-state index is 12.9. The van der Waals surface area contributed by atoms with Crippen molar-refractivity contribution in [2.75, 3.05) is 11.9 Å². The molecule has 1 heterocycles. The Balaban J connectivity index is 1.79. The van der Waals surface area contributed by atoms with E-state index in [1.807, 2.05) is 48.7 Å². The molecule has 0 aliphatic rings. The van der Waals surface area contributed by atoms with Gasteiger partial charge in [0.1, 0.15) is 5.75 Å². The topological polar surface area (TPSA) is 67.4 Å². The van der Waals surface area contributed by atoms with Gasteiger partial charge in [0.2, 0.25) is 5.78 Å². The van der Waals surface area contributed by atoms with Gasteiger partial charge in [-0.1, -0.05) is 24.3 Å². The zero-order valence-corrected chi connectivity index (χ0v) is 15.7. The Kier molecular flexibility index (Phi) is 6.22. The zero-order chi connectivity index (χ0) is 19.1. The quantitative estimate of drug-likeness (QED) is 0.454. The van der Waals surface area contributed by atoms with Crippen molar-refractivity contribution in [2.45, 2.75) is 13.1 Å². The standard InChI is InChI=1S/C21H20N2O3S/c1-2-26-17-12-10-16(11-13-17)22-20(19(24)18-9-6-14-27-18)23-21(25)15-7-4-3-5-8-15/h3-14,20,22H,2H2,1H3,(H,23,25)/t20-/m0/s1. The lowest BCUT2D eigenvalue weighted by Gasteiger charge is -2.20. The molecule has 6 heteroatoms. The summed E-state index contributed by atoms with van der Waals surface area (Å²) in [6, 6.07) is 19.6. The van der Waals surface area contributed by atoms with Crippen molar-refractivity contribution in [1.82, 2.24) is 5.32 Å². The molecule has 138 valence electrons. The third-order valence-corrected chi connectivity index (χ3v) is 4.70. The molecule has 0 saturated carbocycles. The van der Waals surface area contributed by atoms with Crippen molar-refractivity contribution in [2.24, 2.45) is 0 Å². The smallest absolute Gasteiger partial charge is 0.253 e. The fourth-order valence-corrected chi connectivity index (χ4v) is 3.21. The van der Waals surface area contributed by atoms with Crippen LogP contribution in [0, 0.1) is 0 Å². The predicted octanol–water partition coefficient (Wildman–Crippen LogP) is 4.20. The lowest BCUT2D eigenvalue weighted by atomic mass is 10.2. The molecule has 27 heavy (non-hydrogen) atoms. The number of Topliss-reactive ketones (excluding diaryl/α,β-unsaturated/α-hetero) is 1. The number of thiophene rings is 1. The summed E-state index contributed by atoms with van der Waals surface area (Å²) in [5.74, 6) is 0.240. The Morgan fingerprint density at radius 2 is 1.74 bits per heavy atom. The van der Waals surface area contributed by atoms with Crippen molar-refractivity contribution >= 4 is 28.7 Å². The first-order valence-corrected chi connectivity index (χ1v) is 9.48. The summed E-state index contributed by atoms with van der Waals surface area (Å²) in [7, 11) is 0. The van der Waals surface area contributed by atoms with Crippen LogP contribution in [0.15, 0.2) is 72.1 Å². The van der Waals surface area contributed by atoms with Crippen LogP contribution in [0.5, 0.6) is 5.75 Å². The molecular weight excluding hydrogens is 360 g/mol. The number of carbonyl (C=O) groups excluding carboxylic acids is 2. The molecule has 3 aromatic rings. The van der Waals surface area contributed by atoms with E-state index in [1.54, 1.807) is 30.3 Å². The van der Waals surface area contributed by atoms with Crippen LogP contribution in [0.3, 0.4) is 0 Å². The number of hydrogen-bond donors (Lipinski definition) is 2. The molecule has 0 aliphatic carbocycles. The van der Waals surface area contributed by atoms with Gasteiger partial charge in [-0.25, -0.2) is 0 Å². The van der Waals surface area contributed by atoms with Crippen LogP contribution in [0.4, 0.5) is 5.69 Å². The van der Waals surface area contributed by atoms with Crippen LogP contribution in [0.1, 0.15) is 27.0 Å². The molecule has 0 spiro atoms. The molecular formula is C21H20N2O3S. The van der Waals surface area contributed by atoms with E-state index in [-0.39, 0.29) is 11.7 Å². The van der Waals surface area contributed by atoms with Gasteiger partial charge in [0.25, 0.3) is 5.91 Å². The second kappa shape index (κ2) is 9.00. The molecule has 2 aromatic carbocycles. The molecule has 0 aliphatic heterocycles. The van der Waals surface area contributed by atoms with Crippen molar-refractivity contribution in [3.63, 3.8) is 0 Å². The highest BCUT2D eigenvalue weighted by molar-refractivity contribution is 7.12. The van der Waals surface area contributed by atoms with Gasteiger partial charge in [-0.15, -0.1) is 11.3 Å². The molecule has 2 N–H and O–H groups in total. The van der Waals surface area contributed by atoms with E-state index < -0.39 is 6.17 Å². The first-order valence-electron chi connectivity index (χ1n) is 8.60. The lowest BCUT2D eigenvalue weighted by molar-refractivity contribution is 0.0871. The van der Waals surface area contributed by atoms with Crippen molar-refractivity contribution in [1.29, 1.82) is 0 Å². The van der Waals surface area contributed by atoms with Gasteiger partial charge in [0.05, 0.1) is 11.5 Å². The van der Waals surface area contributed by atoms with E-state index in [9.17, 15) is 9.59 Å². The molecule has 1 amide bonds. The molecule has 0 bridgehead atoms. The Hall–Kier alpha value is -3.12. The number of rotatable bonds is 8. The summed E-state index contributed by atoms with van der Waals surface area (Å²) in [6.45, 7) is 2.50. The maximum Gasteiger partial charge on any atom is 0.253 e. The zero-order valence-electron chi connectivity index (χ0n) is 14.8. The number of benzene rings is 2. The predicted molar refractivity (Wildman–Crippen MR) is 108 cm³/mol. The summed E-state index contributed by atoms with van der Waals surface area (Å²) in [5, 5.41) is 7.73. The number of anilines is 1. The number of nitrogens with one attached hydrogen (secondary N) is 2. The number of hydrogen-bond acceptors (Lipinski definition) is 5. The van der Waals surface area contributed by atoms with Gasteiger partial charge in [-0.2, -0.15) is 0 Å². The minimum Gasteiger partial charge on any atom is -0.494 e. The molecule has 0 fully saturated rings. The molecule has 0 saturated heterocycles. The first kappa shape index (κ1) is 18.7.